The maximum absolute atomic E-state index is 12.9. The van der Waals surface area contributed by atoms with E-state index in [0.717, 1.165) is 5.56 Å². The van der Waals surface area contributed by atoms with Crippen LogP contribution in [-0.4, -0.2) is 16.8 Å². The van der Waals surface area contributed by atoms with Gasteiger partial charge in [0.05, 0.1) is 0 Å². The van der Waals surface area contributed by atoms with Gasteiger partial charge >= 0.3 is 0 Å². The Bertz CT molecular complexity index is 857. The van der Waals surface area contributed by atoms with Gasteiger partial charge in [-0.1, -0.05) is 12.1 Å². The van der Waals surface area contributed by atoms with Crippen LogP contribution in [0.2, 0.25) is 0 Å². The maximum atomic E-state index is 12.9. The normalized spacial score (nSPS) is 10.3. The van der Waals surface area contributed by atoms with Crippen LogP contribution in [0.4, 0.5) is 10.1 Å². The molecule has 3 N–H and O–H groups in total. The van der Waals surface area contributed by atoms with Gasteiger partial charge in [0.2, 0.25) is 0 Å². The van der Waals surface area contributed by atoms with E-state index in [2.05, 4.69) is 15.6 Å². The third-order valence-corrected chi connectivity index (χ3v) is 3.61. The molecule has 0 aliphatic rings. The summed E-state index contributed by atoms with van der Waals surface area (Å²) < 4.78 is 12.9. The third-order valence-electron chi connectivity index (χ3n) is 3.61. The van der Waals surface area contributed by atoms with E-state index in [1.165, 1.54) is 24.3 Å². The molecule has 126 valence electrons. The molecule has 5 nitrogen and oxygen atoms in total. The first-order chi connectivity index (χ1) is 12.1. The topological polar surface area (TPSA) is 74.0 Å². The average Bonchev–Trinajstić information content (AvgIpc) is 3.17. The highest BCUT2D eigenvalue weighted by Crippen LogP contribution is 2.11. The minimum atomic E-state index is -0.358. The van der Waals surface area contributed by atoms with Gasteiger partial charge in [0.1, 0.15) is 11.5 Å². The van der Waals surface area contributed by atoms with Crippen molar-refractivity contribution in [2.45, 2.75) is 6.54 Å². The predicted octanol–water partition coefficient (Wildman–Crippen LogP) is 3.34. The predicted molar refractivity (Wildman–Crippen MR) is 92.8 cm³/mol. The third kappa shape index (κ3) is 4.32. The summed E-state index contributed by atoms with van der Waals surface area (Å²) in [5.41, 5.74) is 2.37. The van der Waals surface area contributed by atoms with E-state index in [1.807, 2.05) is 0 Å². The quantitative estimate of drug-likeness (QED) is 0.668. The number of amides is 2. The van der Waals surface area contributed by atoms with E-state index >= 15 is 0 Å². The molecule has 1 aromatic heterocycles. The second-order valence-corrected chi connectivity index (χ2v) is 5.42. The minimum Gasteiger partial charge on any atom is -0.357 e. The number of carbonyl (C=O) groups excluding carboxylic acids is 2. The molecule has 0 fully saturated rings. The lowest BCUT2D eigenvalue weighted by molar-refractivity contribution is 0.0945. The number of benzene rings is 2. The van der Waals surface area contributed by atoms with Crippen LogP contribution in [0.3, 0.4) is 0 Å². The first kappa shape index (κ1) is 16.4. The summed E-state index contributed by atoms with van der Waals surface area (Å²) in [6, 6.07) is 15.9. The van der Waals surface area contributed by atoms with Crippen molar-refractivity contribution in [2.75, 3.05) is 5.32 Å². The van der Waals surface area contributed by atoms with E-state index in [0.29, 0.717) is 23.5 Å². The molecule has 0 radical (unpaired) electrons. The lowest BCUT2D eigenvalue weighted by atomic mass is 10.1. The molecule has 0 saturated carbocycles. The zero-order valence-corrected chi connectivity index (χ0v) is 13.3. The van der Waals surface area contributed by atoms with E-state index in [4.69, 9.17) is 0 Å². The van der Waals surface area contributed by atoms with Gasteiger partial charge in [0.25, 0.3) is 11.8 Å². The summed E-state index contributed by atoms with van der Waals surface area (Å²) in [5, 5.41) is 5.48. The molecule has 0 aliphatic heterocycles. The summed E-state index contributed by atoms with van der Waals surface area (Å²) in [5.74, 6) is -0.833. The number of halogens is 1. The number of nitrogens with one attached hydrogen (secondary N) is 3. The van der Waals surface area contributed by atoms with Crippen LogP contribution >= 0.6 is 0 Å². The van der Waals surface area contributed by atoms with Crippen LogP contribution in [0.5, 0.6) is 0 Å². The highest BCUT2D eigenvalue weighted by Gasteiger charge is 2.08. The van der Waals surface area contributed by atoms with Gasteiger partial charge in [-0.2, -0.15) is 0 Å². The van der Waals surface area contributed by atoms with Gasteiger partial charge < -0.3 is 15.6 Å². The lowest BCUT2D eigenvalue weighted by Gasteiger charge is -2.07. The second kappa shape index (κ2) is 7.44. The first-order valence-corrected chi connectivity index (χ1v) is 7.69. The molecule has 0 bridgehead atoms. The van der Waals surface area contributed by atoms with E-state index in [-0.39, 0.29) is 17.6 Å². The number of rotatable bonds is 5. The molecule has 0 aliphatic carbocycles. The van der Waals surface area contributed by atoms with Crippen LogP contribution in [0.25, 0.3) is 0 Å². The van der Waals surface area contributed by atoms with Crippen molar-refractivity contribution in [1.29, 1.82) is 0 Å². The molecule has 0 unspecified atom stereocenters. The van der Waals surface area contributed by atoms with E-state index in [9.17, 15) is 14.0 Å². The van der Waals surface area contributed by atoms with Crippen LogP contribution in [0.15, 0.2) is 66.9 Å². The molecule has 1 heterocycles. The summed E-state index contributed by atoms with van der Waals surface area (Å²) >= 11 is 0. The van der Waals surface area contributed by atoms with Gasteiger partial charge in [-0.25, -0.2) is 4.39 Å². The molecular formula is C19H16FN3O2. The zero-order chi connectivity index (χ0) is 17.6. The van der Waals surface area contributed by atoms with Gasteiger partial charge in [0, 0.05) is 24.0 Å². The number of hydrogen-bond acceptors (Lipinski definition) is 2. The highest BCUT2D eigenvalue weighted by molar-refractivity contribution is 6.04. The Morgan fingerprint density at radius 1 is 0.920 bits per heavy atom. The minimum absolute atomic E-state index is 0.192. The molecule has 2 aromatic carbocycles. The summed E-state index contributed by atoms with van der Waals surface area (Å²) in [4.78, 5) is 26.8. The van der Waals surface area contributed by atoms with Crippen molar-refractivity contribution >= 4 is 17.5 Å². The van der Waals surface area contributed by atoms with Crippen molar-refractivity contribution in [3.8, 4) is 0 Å². The number of aromatic amines is 1. The number of hydrogen-bond donors (Lipinski definition) is 3. The Hall–Kier alpha value is -3.41. The Morgan fingerprint density at radius 2 is 1.64 bits per heavy atom. The molecule has 6 heteroatoms. The van der Waals surface area contributed by atoms with Crippen molar-refractivity contribution in [3.63, 3.8) is 0 Å². The zero-order valence-electron chi connectivity index (χ0n) is 13.3. The molecular weight excluding hydrogens is 321 g/mol. The first-order valence-electron chi connectivity index (χ1n) is 7.69. The second-order valence-electron chi connectivity index (χ2n) is 5.42. The SMILES string of the molecule is O=C(Nc1ccc(F)cc1)c1ccc(CNC(=O)c2ccc[nH]2)cc1. The Kier molecular flexibility index (Phi) is 4.89. The monoisotopic (exact) mass is 337 g/mol. The van der Waals surface area contributed by atoms with Crippen molar-refractivity contribution < 1.29 is 14.0 Å². The van der Waals surface area contributed by atoms with Crippen molar-refractivity contribution in [2.24, 2.45) is 0 Å². The number of carbonyl (C=O) groups is 2. The molecule has 0 spiro atoms. The molecule has 0 saturated heterocycles. The van der Waals surface area contributed by atoms with Crippen LogP contribution in [0.1, 0.15) is 26.4 Å². The van der Waals surface area contributed by atoms with Crippen molar-refractivity contribution in [1.82, 2.24) is 10.3 Å². The fourth-order valence-corrected chi connectivity index (χ4v) is 2.26. The van der Waals surface area contributed by atoms with Crippen LogP contribution in [-0.2, 0) is 6.54 Å². The lowest BCUT2D eigenvalue weighted by Crippen LogP contribution is -2.23. The average molecular weight is 337 g/mol. The summed E-state index contributed by atoms with van der Waals surface area (Å²) in [7, 11) is 0. The summed E-state index contributed by atoms with van der Waals surface area (Å²) in [6.45, 7) is 0.359. The van der Waals surface area contributed by atoms with Crippen molar-refractivity contribution in [3.05, 3.63) is 89.5 Å². The van der Waals surface area contributed by atoms with Crippen LogP contribution < -0.4 is 10.6 Å². The number of aromatic nitrogens is 1. The molecule has 0 atom stereocenters. The molecule has 2 amide bonds. The van der Waals surface area contributed by atoms with Crippen LogP contribution in [0, 0.1) is 5.82 Å². The molecule has 3 aromatic rings. The van der Waals surface area contributed by atoms with E-state index < -0.39 is 0 Å². The number of anilines is 1. The van der Waals surface area contributed by atoms with E-state index in [1.54, 1.807) is 42.6 Å². The standard InChI is InChI=1S/C19H16FN3O2/c20-15-7-9-16(10-8-15)23-18(24)14-5-3-13(4-6-14)12-22-19(25)17-2-1-11-21-17/h1-11,21H,12H2,(H,22,25)(H,23,24). The molecule has 3 rings (SSSR count). The Labute approximate surface area is 143 Å². The largest absolute Gasteiger partial charge is 0.357 e. The Morgan fingerprint density at radius 3 is 2.28 bits per heavy atom. The summed E-state index contributed by atoms with van der Waals surface area (Å²) in [6.07, 6.45) is 1.68. The van der Waals surface area contributed by atoms with Gasteiger partial charge in [-0.3, -0.25) is 9.59 Å². The fraction of sp³-hybridized carbons (Fsp3) is 0.0526. The fourth-order valence-electron chi connectivity index (χ4n) is 2.26. The maximum Gasteiger partial charge on any atom is 0.267 e. The smallest absolute Gasteiger partial charge is 0.267 e. The van der Waals surface area contributed by atoms with Gasteiger partial charge in [-0.15, -0.1) is 0 Å². The molecule has 25 heavy (non-hydrogen) atoms. The number of H-pyrrole nitrogens is 1. The van der Waals surface area contributed by atoms with Gasteiger partial charge in [-0.05, 0) is 54.1 Å². The highest BCUT2D eigenvalue weighted by atomic mass is 19.1. The Balaban J connectivity index is 1.57. The van der Waals surface area contributed by atoms with Gasteiger partial charge in [0.15, 0.2) is 0 Å².